The summed E-state index contributed by atoms with van der Waals surface area (Å²) in [7, 11) is 0. The lowest BCUT2D eigenvalue weighted by Gasteiger charge is -2.50. The Morgan fingerprint density at radius 1 is 1.24 bits per heavy atom. The minimum Gasteiger partial charge on any atom is -0.308 e. The van der Waals surface area contributed by atoms with Crippen molar-refractivity contribution in [2.24, 2.45) is 5.92 Å². The van der Waals surface area contributed by atoms with E-state index in [1.807, 2.05) is 0 Å². The number of hydrogen-bond acceptors (Lipinski definition) is 2. The second-order valence-electron chi connectivity index (χ2n) is 7.02. The summed E-state index contributed by atoms with van der Waals surface area (Å²) < 4.78 is 0. The zero-order valence-corrected chi connectivity index (χ0v) is 14.4. The Balaban J connectivity index is 2.26. The second kappa shape index (κ2) is 6.93. The van der Waals surface area contributed by atoms with Crippen LogP contribution >= 0.6 is 0 Å². The highest BCUT2D eigenvalue weighted by atomic mass is 15.3. The van der Waals surface area contributed by atoms with Gasteiger partial charge in [-0.25, -0.2) is 0 Å². The minimum atomic E-state index is 0.243. The third-order valence-electron chi connectivity index (χ3n) is 5.61. The lowest BCUT2D eigenvalue weighted by molar-refractivity contribution is 0.0305. The number of nitrogens with zero attached hydrogens (tertiary/aromatic N) is 1. The van der Waals surface area contributed by atoms with Crippen LogP contribution in [-0.2, 0) is 0 Å². The van der Waals surface area contributed by atoms with Crippen LogP contribution in [0.3, 0.4) is 0 Å². The zero-order valence-electron chi connectivity index (χ0n) is 14.4. The van der Waals surface area contributed by atoms with E-state index in [9.17, 15) is 0 Å². The van der Waals surface area contributed by atoms with E-state index in [0.29, 0.717) is 12.1 Å². The highest BCUT2D eigenvalue weighted by Gasteiger charge is 2.38. The number of nitrogens with one attached hydrogen (secondary N) is 1. The van der Waals surface area contributed by atoms with Crippen LogP contribution in [0.5, 0.6) is 0 Å². The van der Waals surface area contributed by atoms with Crippen molar-refractivity contribution in [2.75, 3.05) is 13.1 Å². The predicted molar refractivity (Wildman–Crippen MR) is 91.5 cm³/mol. The molecule has 1 aromatic carbocycles. The van der Waals surface area contributed by atoms with Crippen LogP contribution in [-0.4, -0.2) is 29.6 Å². The minimum absolute atomic E-state index is 0.243. The maximum atomic E-state index is 3.79. The van der Waals surface area contributed by atoms with Gasteiger partial charge in [0.1, 0.15) is 0 Å². The van der Waals surface area contributed by atoms with Crippen LogP contribution in [0.4, 0.5) is 0 Å². The fourth-order valence-electron chi connectivity index (χ4n) is 3.35. The standard InChI is InChI=1S/C19H32N2/c1-6-15(3)16(4)21-14-19(5,7-2)20-13-18(21)17-11-9-8-10-12-17/h8-12,15-16,18,20H,6-7,13-14H2,1-5H3. The molecule has 1 saturated heterocycles. The monoisotopic (exact) mass is 288 g/mol. The molecule has 0 aromatic heterocycles. The highest BCUT2D eigenvalue weighted by Crippen LogP contribution is 2.32. The molecule has 0 aliphatic carbocycles. The van der Waals surface area contributed by atoms with Gasteiger partial charge in [0.15, 0.2) is 0 Å². The summed E-state index contributed by atoms with van der Waals surface area (Å²) in [6, 6.07) is 12.1. The van der Waals surface area contributed by atoms with Crippen LogP contribution in [0.2, 0.25) is 0 Å². The van der Waals surface area contributed by atoms with E-state index in [-0.39, 0.29) is 5.54 Å². The van der Waals surface area contributed by atoms with Crippen LogP contribution < -0.4 is 5.32 Å². The van der Waals surface area contributed by atoms with E-state index in [4.69, 9.17) is 0 Å². The second-order valence-corrected chi connectivity index (χ2v) is 7.02. The zero-order chi connectivity index (χ0) is 15.5. The predicted octanol–water partition coefficient (Wildman–Crippen LogP) is 4.24. The molecule has 21 heavy (non-hydrogen) atoms. The van der Waals surface area contributed by atoms with E-state index < -0.39 is 0 Å². The van der Waals surface area contributed by atoms with Gasteiger partial charge in [0.05, 0.1) is 0 Å². The number of benzene rings is 1. The molecule has 1 N–H and O–H groups in total. The van der Waals surface area contributed by atoms with Gasteiger partial charge in [-0.05, 0) is 31.7 Å². The van der Waals surface area contributed by atoms with E-state index in [0.717, 1.165) is 19.0 Å². The van der Waals surface area contributed by atoms with Crippen molar-refractivity contribution in [3.63, 3.8) is 0 Å². The smallest absolute Gasteiger partial charge is 0.0476 e. The Bertz CT molecular complexity index is 430. The fraction of sp³-hybridized carbons (Fsp3) is 0.684. The molecule has 4 unspecified atom stereocenters. The van der Waals surface area contributed by atoms with Gasteiger partial charge >= 0.3 is 0 Å². The van der Waals surface area contributed by atoms with Gasteiger partial charge in [-0.3, -0.25) is 4.90 Å². The molecule has 1 aliphatic rings. The van der Waals surface area contributed by atoms with Crippen molar-refractivity contribution in [1.29, 1.82) is 0 Å². The third kappa shape index (κ3) is 3.67. The SMILES string of the molecule is CCC(C)C(C)N1CC(C)(CC)NCC1c1ccccc1. The van der Waals surface area contributed by atoms with Crippen molar-refractivity contribution in [1.82, 2.24) is 10.2 Å². The number of hydrogen-bond donors (Lipinski definition) is 1. The van der Waals surface area contributed by atoms with Crippen LogP contribution in [0.1, 0.15) is 59.1 Å². The maximum absolute atomic E-state index is 3.79. The average molecular weight is 288 g/mol. The summed E-state index contributed by atoms with van der Waals surface area (Å²) in [6.45, 7) is 13.9. The fourth-order valence-corrected chi connectivity index (χ4v) is 3.35. The van der Waals surface area contributed by atoms with E-state index in [2.05, 4.69) is 75.2 Å². The Kier molecular flexibility index (Phi) is 5.45. The Morgan fingerprint density at radius 3 is 2.48 bits per heavy atom. The maximum Gasteiger partial charge on any atom is 0.0476 e. The van der Waals surface area contributed by atoms with Crippen LogP contribution in [0.15, 0.2) is 30.3 Å². The van der Waals surface area contributed by atoms with Gasteiger partial charge in [-0.2, -0.15) is 0 Å². The lowest BCUT2D eigenvalue weighted by Crippen LogP contribution is -2.62. The average Bonchev–Trinajstić information content (AvgIpc) is 2.54. The van der Waals surface area contributed by atoms with Gasteiger partial charge in [-0.15, -0.1) is 0 Å². The van der Waals surface area contributed by atoms with Crippen LogP contribution in [0, 0.1) is 5.92 Å². The summed E-state index contributed by atoms with van der Waals surface area (Å²) in [5, 5.41) is 3.79. The first kappa shape index (κ1) is 16.5. The van der Waals surface area contributed by atoms with Gasteiger partial charge < -0.3 is 5.32 Å². The molecule has 2 nitrogen and oxygen atoms in total. The number of rotatable bonds is 5. The molecule has 4 atom stereocenters. The summed E-state index contributed by atoms with van der Waals surface area (Å²) in [5.74, 6) is 0.732. The highest BCUT2D eigenvalue weighted by molar-refractivity contribution is 5.21. The molecule has 2 rings (SSSR count). The van der Waals surface area contributed by atoms with E-state index in [1.54, 1.807) is 0 Å². The first-order valence-electron chi connectivity index (χ1n) is 8.56. The summed E-state index contributed by atoms with van der Waals surface area (Å²) in [4.78, 5) is 2.74. The molecule has 2 heteroatoms. The molecule has 0 saturated carbocycles. The molecule has 1 fully saturated rings. The largest absolute Gasteiger partial charge is 0.308 e. The van der Waals surface area contributed by atoms with Gasteiger partial charge in [-0.1, -0.05) is 57.5 Å². The van der Waals surface area contributed by atoms with Crippen molar-refractivity contribution in [3.8, 4) is 0 Å². The van der Waals surface area contributed by atoms with Crippen molar-refractivity contribution < 1.29 is 0 Å². The topological polar surface area (TPSA) is 15.3 Å². The third-order valence-corrected chi connectivity index (χ3v) is 5.61. The molecule has 1 aromatic rings. The normalized spacial score (nSPS) is 30.0. The molecule has 0 bridgehead atoms. The van der Waals surface area contributed by atoms with Crippen molar-refractivity contribution in [2.45, 2.75) is 65.1 Å². The number of piperazine rings is 1. The van der Waals surface area contributed by atoms with Crippen molar-refractivity contribution in [3.05, 3.63) is 35.9 Å². The molecule has 1 heterocycles. The molecule has 1 aliphatic heterocycles. The Labute approximate surface area is 130 Å². The molecular formula is C19H32N2. The van der Waals surface area contributed by atoms with E-state index in [1.165, 1.54) is 18.4 Å². The summed E-state index contributed by atoms with van der Waals surface area (Å²) in [6.07, 6.45) is 2.42. The molecular weight excluding hydrogens is 256 g/mol. The first-order valence-corrected chi connectivity index (χ1v) is 8.56. The van der Waals surface area contributed by atoms with Gasteiger partial charge in [0.25, 0.3) is 0 Å². The Hall–Kier alpha value is -0.860. The lowest BCUT2D eigenvalue weighted by atomic mass is 9.87. The van der Waals surface area contributed by atoms with Crippen molar-refractivity contribution >= 4 is 0 Å². The van der Waals surface area contributed by atoms with Gasteiger partial charge in [0.2, 0.25) is 0 Å². The van der Waals surface area contributed by atoms with Crippen LogP contribution in [0.25, 0.3) is 0 Å². The molecule has 118 valence electrons. The molecule has 0 radical (unpaired) electrons. The molecule has 0 amide bonds. The quantitative estimate of drug-likeness (QED) is 0.872. The molecule has 0 spiro atoms. The van der Waals surface area contributed by atoms with E-state index >= 15 is 0 Å². The summed E-state index contributed by atoms with van der Waals surface area (Å²) in [5.41, 5.74) is 1.69. The Morgan fingerprint density at radius 2 is 1.90 bits per heavy atom. The summed E-state index contributed by atoms with van der Waals surface area (Å²) >= 11 is 0. The first-order chi connectivity index (χ1) is 10.0. The van der Waals surface area contributed by atoms with Gasteiger partial charge in [0, 0.05) is 30.7 Å².